The minimum atomic E-state index is 0. The zero-order chi connectivity index (χ0) is 12.9. The number of aromatic amines is 1. The molecule has 2 nitrogen and oxygen atoms in total. The molecule has 0 aliphatic carbocycles. The molecule has 20 heavy (non-hydrogen) atoms. The number of halogens is 2. The molecule has 0 radical (unpaired) electrons. The second-order valence-corrected chi connectivity index (χ2v) is 4.85. The molecule has 0 saturated carbocycles. The maximum atomic E-state index is 3.87. The summed E-state index contributed by atoms with van der Waals surface area (Å²) in [6.07, 6.45) is 19.0. The minimum absolute atomic E-state index is 0. The first-order chi connectivity index (χ1) is 8.93. The van der Waals surface area contributed by atoms with Gasteiger partial charge in [-0.05, 0) is 38.2 Å². The van der Waals surface area contributed by atoms with Gasteiger partial charge in [-0.15, -0.1) is 0 Å². The Kier molecular flexibility index (Phi) is 17.9. The SMILES string of the molecule is [Cl-].[Cl-].[NH3+]CCCCCCCC/C=C\Cc1ccc[nH+]c1. The number of unbranched alkanes of at least 4 members (excludes halogenated alkanes) is 6. The molecule has 0 spiro atoms. The van der Waals surface area contributed by atoms with E-state index in [2.05, 4.69) is 41.2 Å². The third-order valence-corrected chi connectivity index (χ3v) is 3.16. The summed E-state index contributed by atoms with van der Waals surface area (Å²) >= 11 is 0. The van der Waals surface area contributed by atoms with Gasteiger partial charge in [-0.3, -0.25) is 0 Å². The number of hydrogen-bond acceptors (Lipinski definition) is 0. The van der Waals surface area contributed by atoms with Crippen LogP contribution in [0.15, 0.2) is 36.7 Å². The van der Waals surface area contributed by atoms with Crippen LogP contribution in [0.1, 0.15) is 50.5 Å². The molecule has 4 N–H and O–H groups in total. The van der Waals surface area contributed by atoms with Crippen molar-refractivity contribution < 1.29 is 35.5 Å². The fourth-order valence-electron chi connectivity index (χ4n) is 2.04. The predicted octanol–water partition coefficient (Wildman–Crippen LogP) is -3.42. The van der Waals surface area contributed by atoms with E-state index >= 15 is 0 Å². The van der Waals surface area contributed by atoms with Crippen LogP contribution in [0.2, 0.25) is 0 Å². The Morgan fingerprint density at radius 2 is 1.65 bits per heavy atom. The lowest BCUT2D eigenvalue weighted by Crippen LogP contribution is -3.00. The molecule has 0 unspecified atom stereocenters. The molecule has 0 bridgehead atoms. The Morgan fingerprint density at radius 1 is 0.950 bits per heavy atom. The summed E-state index contributed by atoms with van der Waals surface area (Å²) in [6.45, 7) is 1.10. The maximum absolute atomic E-state index is 3.87. The van der Waals surface area contributed by atoms with Gasteiger partial charge in [0, 0.05) is 11.6 Å². The van der Waals surface area contributed by atoms with Crippen LogP contribution in [-0.2, 0) is 6.42 Å². The summed E-state index contributed by atoms with van der Waals surface area (Å²) in [5.41, 5.74) is 5.22. The predicted molar refractivity (Wildman–Crippen MR) is 75.9 cm³/mol. The average molecular weight is 319 g/mol. The van der Waals surface area contributed by atoms with Crippen molar-refractivity contribution in [1.29, 1.82) is 0 Å². The Morgan fingerprint density at radius 3 is 2.30 bits per heavy atom. The molecule has 116 valence electrons. The van der Waals surface area contributed by atoms with Gasteiger partial charge in [0.25, 0.3) is 0 Å². The summed E-state index contributed by atoms with van der Waals surface area (Å²) in [4.78, 5) is 3.11. The lowest BCUT2D eigenvalue weighted by molar-refractivity contribution is -0.378. The lowest BCUT2D eigenvalue weighted by Gasteiger charge is -1.98. The summed E-state index contributed by atoms with van der Waals surface area (Å²) in [7, 11) is 0. The first-order valence-electron chi connectivity index (χ1n) is 7.32. The highest BCUT2D eigenvalue weighted by Gasteiger charge is 1.92. The van der Waals surface area contributed by atoms with Gasteiger partial charge in [0.05, 0.1) is 6.54 Å². The molecule has 0 fully saturated rings. The molecule has 0 atom stereocenters. The largest absolute Gasteiger partial charge is 1.00 e. The van der Waals surface area contributed by atoms with Crippen LogP contribution in [0, 0.1) is 0 Å². The summed E-state index contributed by atoms with van der Waals surface area (Å²) < 4.78 is 0. The molecule has 0 aromatic carbocycles. The van der Waals surface area contributed by atoms with Crippen LogP contribution < -0.4 is 35.5 Å². The molecule has 1 heterocycles. The van der Waals surface area contributed by atoms with E-state index in [1.54, 1.807) is 0 Å². The van der Waals surface area contributed by atoms with E-state index in [1.165, 1.54) is 50.5 Å². The first kappa shape index (κ1) is 21.7. The average Bonchev–Trinajstić information content (AvgIpc) is 2.42. The van der Waals surface area contributed by atoms with Crippen LogP contribution in [0.3, 0.4) is 0 Å². The van der Waals surface area contributed by atoms with Crippen LogP contribution in [0.5, 0.6) is 0 Å². The number of nitrogens with one attached hydrogen (secondary N) is 1. The number of pyridine rings is 1. The standard InChI is InChI=1S/C16H26N2.2ClH/c17-13-9-7-5-3-1-2-4-6-8-11-16-12-10-14-18-15-16;;/h6,8,10,12,14-15H,1-5,7,9,11,13,17H2;2*1H/b8-6-;;. The van der Waals surface area contributed by atoms with Crippen molar-refractivity contribution in [3.63, 3.8) is 0 Å². The second-order valence-electron chi connectivity index (χ2n) is 4.85. The van der Waals surface area contributed by atoms with Crippen LogP contribution >= 0.6 is 0 Å². The summed E-state index contributed by atoms with van der Waals surface area (Å²) in [5.74, 6) is 0. The van der Waals surface area contributed by atoms with E-state index in [1.807, 2.05) is 6.20 Å². The van der Waals surface area contributed by atoms with Crippen molar-refractivity contribution in [2.75, 3.05) is 6.54 Å². The summed E-state index contributed by atoms with van der Waals surface area (Å²) in [6, 6.07) is 4.21. The molecule has 0 aliphatic heterocycles. The van der Waals surface area contributed by atoms with Gasteiger partial charge < -0.3 is 30.5 Å². The molecule has 4 heteroatoms. The van der Waals surface area contributed by atoms with E-state index in [-0.39, 0.29) is 24.8 Å². The van der Waals surface area contributed by atoms with Gasteiger partial charge in [0.15, 0.2) is 12.4 Å². The van der Waals surface area contributed by atoms with Crippen molar-refractivity contribution in [2.45, 2.75) is 51.4 Å². The van der Waals surface area contributed by atoms with E-state index in [4.69, 9.17) is 0 Å². The molecule has 0 amide bonds. The van der Waals surface area contributed by atoms with Crippen molar-refractivity contribution in [2.24, 2.45) is 0 Å². The van der Waals surface area contributed by atoms with Crippen molar-refractivity contribution in [3.8, 4) is 0 Å². The van der Waals surface area contributed by atoms with Gasteiger partial charge in [-0.1, -0.05) is 31.4 Å². The zero-order valence-corrected chi connectivity index (χ0v) is 13.8. The molecule has 1 aromatic rings. The maximum Gasteiger partial charge on any atom is 0.170 e. The molecule has 0 saturated heterocycles. The van der Waals surface area contributed by atoms with E-state index < -0.39 is 0 Å². The molecule has 1 aromatic heterocycles. The molecular weight excluding hydrogens is 291 g/mol. The highest BCUT2D eigenvalue weighted by molar-refractivity contribution is 5.09. The molecule has 0 aliphatic rings. The number of rotatable bonds is 10. The van der Waals surface area contributed by atoms with Gasteiger partial charge in [-0.2, -0.15) is 0 Å². The summed E-state index contributed by atoms with van der Waals surface area (Å²) in [5, 5.41) is 0. The Labute approximate surface area is 136 Å². The highest BCUT2D eigenvalue weighted by atomic mass is 35.5. The number of quaternary nitrogens is 1. The Bertz CT molecular complexity index is 316. The number of hydrogen-bond donors (Lipinski definition) is 1. The van der Waals surface area contributed by atoms with E-state index in [0.29, 0.717) is 0 Å². The van der Waals surface area contributed by atoms with Gasteiger partial charge in [-0.25, -0.2) is 4.98 Å². The Hall–Kier alpha value is -0.570. The second kappa shape index (κ2) is 16.5. The fraction of sp³-hybridized carbons (Fsp3) is 0.562. The quantitative estimate of drug-likeness (QED) is 0.345. The smallest absolute Gasteiger partial charge is 0.170 e. The monoisotopic (exact) mass is 318 g/mol. The van der Waals surface area contributed by atoms with Crippen molar-refractivity contribution >= 4 is 0 Å². The lowest BCUT2D eigenvalue weighted by atomic mass is 10.1. The fourth-order valence-corrected chi connectivity index (χ4v) is 2.04. The highest BCUT2D eigenvalue weighted by Crippen LogP contribution is 2.07. The van der Waals surface area contributed by atoms with Gasteiger partial charge in [0.2, 0.25) is 0 Å². The van der Waals surface area contributed by atoms with E-state index in [9.17, 15) is 0 Å². The zero-order valence-electron chi connectivity index (χ0n) is 12.3. The van der Waals surface area contributed by atoms with Crippen molar-refractivity contribution in [3.05, 3.63) is 42.2 Å². The van der Waals surface area contributed by atoms with Crippen LogP contribution in [-0.4, -0.2) is 6.54 Å². The first-order valence-corrected chi connectivity index (χ1v) is 7.32. The number of allylic oxidation sites excluding steroid dienone is 2. The Balaban J connectivity index is 0. The third kappa shape index (κ3) is 12.5. The minimum Gasteiger partial charge on any atom is -1.00 e. The van der Waals surface area contributed by atoms with Gasteiger partial charge >= 0.3 is 0 Å². The van der Waals surface area contributed by atoms with Crippen LogP contribution in [0.4, 0.5) is 0 Å². The normalized spacial score (nSPS) is 10.1. The molecular formula is C16H28Cl2N2. The number of H-pyrrole nitrogens is 1. The van der Waals surface area contributed by atoms with Crippen LogP contribution in [0.25, 0.3) is 0 Å². The molecule has 1 rings (SSSR count). The topological polar surface area (TPSA) is 41.8 Å². The van der Waals surface area contributed by atoms with Gasteiger partial charge in [0.1, 0.15) is 0 Å². The van der Waals surface area contributed by atoms with E-state index in [0.717, 1.165) is 13.0 Å². The van der Waals surface area contributed by atoms with Crippen molar-refractivity contribution in [1.82, 2.24) is 0 Å². The third-order valence-electron chi connectivity index (χ3n) is 3.16. The number of aromatic nitrogens is 1.